The van der Waals surface area contributed by atoms with Crippen molar-refractivity contribution in [1.82, 2.24) is 28.7 Å². The first-order valence-electron chi connectivity index (χ1n) is 22.4. The molecule has 0 spiro atoms. The van der Waals surface area contributed by atoms with Crippen molar-refractivity contribution in [2.24, 2.45) is 0 Å². The Morgan fingerprint density at radius 1 is 0.569 bits per heavy atom. The molecule has 23 heteroatoms. The summed E-state index contributed by atoms with van der Waals surface area (Å²) in [7, 11) is -6.71. The summed E-state index contributed by atoms with van der Waals surface area (Å²) in [6.45, 7) is 20.2. The average Bonchev–Trinajstić information content (AvgIpc) is 3.94. The number of aliphatic hydroxyl groups excluding tert-OH is 2. The molecule has 21 nitrogen and oxygen atoms in total. The van der Waals surface area contributed by atoms with Gasteiger partial charge in [-0.05, 0) is 42.9 Å². The van der Waals surface area contributed by atoms with Crippen LogP contribution in [0.5, 0.6) is 0 Å². The van der Waals surface area contributed by atoms with E-state index >= 15 is 0 Å². The van der Waals surface area contributed by atoms with Crippen molar-refractivity contribution in [2.45, 2.75) is 173 Å². The van der Waals surface area contributed by atoms with Crippen LogP contribution >= 0.6 is 0 Å². The molecule has 3 saturated heterocycles. The zero-order chi connectivity index (χ0) is 47.9. The highest BCUT2D eigenvalue weighted by atomic mass is 28.4. The third-order valence-corrected chi connectivity index (χ3v) is 22.0. The van der Waals surface area contributed by atoms with Gasteiger partial charge in [0.05, 0.1) is 38.1 Å². The van der Waals surface area contributed by atoms with Gasteiger partial charge in [-0.3, -0.25) is 43.0 Å². The Morgan fingerprint density at radius 3 is 1.26 bits per heavy atom. The van der Waals surface area contributed by atoms with Gasteiger partial charge in [0.15, 0.2) is 0 Å². The number of rotatable bonds is 18. The lowest BCUT2D eigenvalue weighted by Crippen LogP contribution is -2.55. The Kier molecular flexibility index (Phi) is 15.7. The van der Waals surface area contributed by atoms with Gasteiger partial charge < -0.3 is 42.1 Å². The first kappa shape index (κ1) is 50.5. The quantitative estimate of drug-likeness (QED) is 0.114. The summed E-state index contributed by atoms with van der Waals surface area (Å²) >= 11 is 0. The maximum absolute atomic E-state index is 13.3. The highest BCUT2D eigenvalue weighted by Gasteiger charge is 2.54. The molecule has 0 aliphatic carbocycles. The summed E-state index contributed by atoms with van der Waals surface area (Å²) < 4.78 is 51.0. The first-order valence-corrected chi connectivity index (χ1v) is 26.3. The Labute approximate surface area is 377 Å². The van der Waals surface area contributed by atoms with E-state index in [0.717, 1.165) is 0 Å². The van der Waals surface area contributed by atoms with Gasteiger partial charge in [-0.15, -0.1) is 0 Å². The predicted octanol–water partition coefficient (Wildman–Crippen LogP) is 2.11. The molecule has 0 unspecified atom stereocenters. The van der Waals surface area contributed by atoms with Crippen molar-refractivity contribution in [3.05, 3.63) is 97.8 Å². The molecule has 3 aliphatic rings. The Hall–Kier alpha value is -3.89. The smallest absolute Gasteiger partial charge is 0.343 e. The zero-order valence-corrected chi connectivity index (χ0v) is 41.0. The molecule has 0 amide bonds. The van der Waals surface area contributed by atoms with E-state index in [1.165, 1.54) is 32.3 Å². The molecule has 0 aromatic carbocycles. The number of hydrogen-bond donors (Lipinski definition) is 5. The van der Waals surface area contributed by atoms with Crippen LogP contribution in [0, 0.1) is 20.8 Å². The van der Waals surface area contributed by atoms with E-state index in [1.807, 2.05) is 55.4 Å². The fourth-order valence-corrected chi connectivity index (χ4v) is 16.8. The van der Waals surface area contributed by atoms with Gasteiger partial charge in [0.2, 0.25) is 0 Å². The minimum atomic E-state index is -3.36. The van der Waals surface area contributed by atoms with Crippen LogP contribution in [0.2, 0.25) is 22.2 Å². The van der Waals surface area contributed by atoms with Crippen LogP contribution in [0.1, 0.15) is 110 Å². The van der Waals surface area contributed by atoms with Crippen molar-refractivity contribution in [3.63, 3.8) is 0 Å². The second kappa shape index (κ2) is 20.1. The summed E-state index contributed by atoms with van der Waals surface area (Å²) in [5.41, 5.74) is -3.16. The first-order chi connectivity index (χ1) is 30.5. The molecule has 3 aromatic heterocycles. The number of hydrogen-bond acceptors (Lipinski definition) is 15. The summed E-state index contributed by atoms with van der Waals surface area (Å²) in [5.74, 6) is 0. The topological polar surface area (TPSA) is 270 Å². The van der Waals surface area contributed by atoms with E-state index in [2.05, 4.69) is 15.0 Å². The van der Waals surface area contributed by atoms with E-state index in [1.54, 1.807) is 20.8 Å². The number of H-pyrrole nitrogens is 3. The normalized spacial score (nSPS) is 26.4. The second-order valence-corrected chi connectivity index (χ2v) is 27.3. The minimum Gasteiger partial charge on any atom is -0.394 e. The highest BCUT2D eigenvalue weighted by Crippen LogP contribution is 2.44. The molecule has 0 bridgehead atoms. The van der Waals surface area contributed by atoms with E-state index in [4.69, 9.17) is 31.9 Å². The van der Waals surface area contributed by atoms with Crippen LogP contribution in [-0.2, 0) is 31.9 Å². The van der Waals surface area contributed by atoms with E-state index in [-0.39, 0.29) is 54.6 Å². The van der Waals surface area contributed by atoms with Crippen molar-refractivity contribution >= 4 is 17.1 Å². The fourth-order valence-electron chi connectivity index (χ4n) is 9.25. The predicted molar refractivity (Wildman–Crippen MR) is 240 cm³/mol. The number of aryl methyl sites for hydroxylation is 3. The highest BCUT2D eigenvalue weighted by molar-refractivity contribution is 6.70. The third-order valence-electron chi connectivity index (χ3n) is 12.9. The van der Waals surface area contributed by atoms with E-state index < -0.39 is 113 Å². The molecule has 6 rings (SSSR count). The minimum absolute atomic E-state index is 0.0413. The maximum Gasteiger partial charge on any atom is 0.343 e. The van der Waals surface area contributed by atoms with Crippen molar-refractivity contribution in [1.29, 1.82) is 0 Å². The molecule has 362 valence electrons. The average molecular weight is 951 g/mol. The number of nitrogens with zero attached hydrogens (tertiary/aromatic N) is 3. The fraction of sp³-hybridized carbons (Fsp3) is 0.714. The van der Waals surface area contributed by atoms with Crippen LogP contribution in [0.3, 0.4) is 0 Å². The molecule has 0 radical (unpaired) electrons. The largest absolute Gasteiger partial charge is 0.394 e. The van der Waals surface area contributed by atoms with Gasteiger partial charge >= 0.3 is 34.2 Å². The molecule has 3 fully saturated rings. The van der Waals surface area contributed by atoms with Gasteiger partial charge in [0.25, 0.3) is 16.7 Å². The molecule has 3 aromatic rings. The number of aromatic amines is 3. The lowest BCUT2D eigenvalue weighted by atomic mass is 10.2. The van der Waals surface area contributed by atoms with Gasteiger partial charge in [-0.1, -0.05) is 55.4 Å². The number of nitrogens with one attached hydrogen (secondary N) is 3. The second-order valence-electron chi connectivity index (χ2n) is 18.8. The summed E-state index contributed by atoms with van der Waals surface area (Å²) in [6.07, 6.45) is -2.68. The van der Waals surface area contributed by atoms with Crippen molar-refractivity contribution in [3.8, 4) is 0 Å². The van der Waals surface area contributed by atoms with Crippen LogP contribution in [0.4, 0.5) is 0 Å². The lowest BCUT2D eigenvalue weighted by molar-refractivity contribution is -0.0676. The SMILES string of the molecule is Cc1cn([C@H]2C[C@H](O[Si](OC[C@H]3O[C@@H](n4cc(C)c(=O)[nH]c4=O)C[C@@H]3O[Si](OC[C@H]3O[C@@H](n4cc(C)c(=O)[nH]c4=O)C[C@@H]3O)(C(C)C)C(C)C)(C(C)C)C(C)C)[C@@H](CO)O2)c(=O)[nH]c1=O. The van der Waals surface area contributed by atoms with Crippen LogP contribution in [0.15, 0.2) is 47.4 Å². The zero-order valence-electron chi connectivity index (χ0n) is 39.0. The van der Waals surface area contributed by atoms with Crippen LogP contribution in [0.25, 0.3) is 0 Å². The molecular weight excluding hydrogens is 885 g/mol. The van der Waals surface area contributed by atoms with Gasteiger partial charge in [-0.25, -0.2) is 14.4 Å². The maximum atomic E-state index is 13.3. The summed E-state index contributed by atoms with van der Waals surface area (Å²) in [6, 6.07) is 0. The molecule has 6 heterocycles. The van der Waals surface area contributed by atoms with Crippen LogP contribution in [-0.4, -0.2) is 112 Å². The van der Waals surface area contributed by atoms with Gasteiger partial charge in [-0.2, -0.15) is 0 Å². The molecule has 65 heavy (non-hydrogen) atoms. The molecule has 9 atom stereocenters. The standard InChI is InChI=1S/C42H66N6O15Si2/c1-21(2)64(22(3)4,57-19-32-28(50)12-34(60-32)46-15-25(9)37(51)43-40(46)54)63-30-14-36(48-17-27(11)39(53)45-42(48)56)61-33(30)20-58-65(23(5)6,24(7)8)62-29-13-35(59-31(29)18-49)47-16-26(10)38(52)44-41(47)55/h15-17,21-24,28-36,49-50H,12-14,18-20H2,1-11H3,(H,43,51,54)(H,44,52,55)(H,45,53,56)/t28-,29-,30-,31+,32+,33+,34+,35+,36+/m0/s1. The Morgan fingerprint density at radius 2 is 0.892 bits per heavy atom. The molecule has 0 saturated carbocycles. The third kappa shape index (κ3) is 10.3. The van der Waals surface area contributed by atoms with Crippen molar-refractivity contribution < 1.29 is 42.1 Å². The lowest BCUT2D eigenvalue weighted by Gasteiger charge is -2.42. The van der Waals surface area contributed by atoms with Crippen molar-refractivity contribution in [2.75, 3.05) is 19.8 Å². The van der Waals surface area contributed by atoms with E-state index in [0.29, 0.717) is 16.7 Å². The summed E-state index contributed by atoms with van der Waals surface area (Å²) in [5, 5.41) is 21.7. The van der Waals surface area contributed by atoms with Gasteiger partial charge in [0.1, 0.15) is 37.0 Å². The summed E-state index contributed by atoms with van der Waals surface area (Å²) in [4.78, 5) is 82.3. The number of aliphatic hydroxyl groups is 2. The molecule has 5 N–H and O–H groups in total. The van der Waals surface area contributed by atoms with Crippen LogP contribution < -0.4 is 33.7 Å². The van der Waals surface area contributed by atoms with Gasteiger partial charge in [0, 0.05) is 54.5 Å². The molecule has 3 aliphatic heterocycles. The number of aromatic nitrogens is 6. The Bertz CT molecular complexity index is 2500. The molecular formula is C42H66N6O15Si2. The van der Waals surface area contributed by atoms with E-state index in [9.17, 15) is 39.0 Å². The Balaban J connectivity index is 1.28. The number of ether oxygens (including phenoxy) is 3. The monoisotopic (exact) mass is 950 g/mol.